The predicted molar refractivity (Wildman–Crippen MR) is 72.0 cm³/mol. The van der Waals surface area contributed by atoms with Crippen LogP contribution in [0.1, 0.15) is 25.8 Å². The summed E-state index contributed by atoms with van der Waals surface area (Å²) in [6, 6.07) is 5.08. The van der Waals surface area contributed by atoms with Crippen molar-refractivity contribution in [1.82, 2.24) is 0 Å². The normalized spacial score (nSPS) is 11.2. The van der Waals surface area contributed by atoms with Gasteiger partial charge in [-0.1, -0.05) is 18.8 Å². The van der Waals surface area contributed by atoms with Gasteiger partial charge < -0.3 is 14.6 Å². The quantitative estimate of drug-likeness (QED) is 0.512. The minimum atomic E-state index is -0.392. The van der Waals surface area contributed by atoms with Gasteiger partial charge in [-0.3, -0.25) is 4.79 Å². The van der Waals surface area contributed by atoms with E-state index in [9.17, 15) is 4.79 Å². The molecule has 1 aromatic carbocycles. The monoisotopic (exact) mass is 262 g/mol. The second-order valence-corrected chi connectivity index (χ2v) is 4.14. The average molecular weight is 262 g/mol. The number of hydrogen-bond acceptors (Lipinski definition) is 4. The van der Waals surface area contributed by atoms with Crippen molar-refractivity contribution < 1.29 is 19.4 Å². The van der Waals surface area contributed by atoms with E-state index in [1.165, 1.54) is 6.92 Å². The number of carbonyl (C=O) groups is 1. The van der Waals surface area contributed by atoms with Crippen LogP contribution in [0, 0.1) is 17.8 Å². The van der Waals surface area contributed by atoms with Crippen LogP contribution in [0.2, 0.25) is 0 Å². The minimum absolute atomic E-state index is 0.0707. The van der Waals surface area contributed by atoms with Crippen molar-refractivity contribution in [2.45, 2.75) is 20.3 Å². The van der Waals surface area contributed by atoms with Gasteiger partial charge in [0, 0.05) is 19.4 Å². The second-order valence-electron chi connectivity index (χ2n) is 4.14. The Morgan fingerprint density at radius 2 is 2.21 bits per heavy atom. The molecule has 0 aliphatic carbocycles. The van der Waals surface area contributed by atoms with Crippen LogP contribution in [0.5, 0.6) is 11.5 Å². The van der Waals surface area contributed by atoms with E-state index in [0.29, 0.717) is 23.5 Å². The van der Waals surface area contributed by atoms with Crippen LogP contribution in [-0.2, 0) is 4.79 Å². The lowest BCUT2D eigenvalue weighted by atomic mass is 10.1. The summed E-state index contributed by atoms with van der Waals surface area (Å²) in [4.78, 5) is 11.0. The third kappa shape index (κ3) is 5.02. The SMILES string of the molecule is COc1ccc(OC(C)=O)c(C#C[C@H](C)CCO)c1. The number of rotatable bonds is 4. The van der Waals surface area contributed by atoms with Crippen LogP contribution in [0.25, 0.3) is 0 Å². The largest absolute Gasteiger partial charge is 0.497 e. The summed E-state index contributed by atoms with van der Waals surface area (Å²) in [5.41, 5.74) is 0.597. The van der Waals surface area contributed by atoms with Gasteiger partial charge in [0.15, 0.2) is 0 Å². The molecule has 0 radical (unpaired) electrons. The molecular weight excluding hydrogens is 244 g/mol. The van der Waals surface area contributed by atoms with E-state index < -0.39 is 5.97 Å². The van der Waals surface area contributed by atoms with E-state index in [1.54, 1.807) is 25.3 Å². The number of aliphatic hydroxyl groups excluding tert-OH is 1. The lowest BCUT2D eigenvalue weighted by Gasteiger charge is -2.07. The molecule has 0 aromatic heterocycles. The molecule has 1 rings (SSSR count). The van der Waals surface area contributed by atoms with Crippen LogP contribution in [0.15, 0.2) is 18.2 Å². The Morgan fingerprint density at radius 1 is 1.47 bits per heavy atom. The topological polar surface area (TPSA) is 55.8 Å². The Labute approximate surface area is 113 Å². The average Bonchev–Trinajstić information content (AvgIpc) is 2.37. The Bertz CT molecular complexity index is 497. The molecule has 0 aliphatic heterocycles. The molecule has 1 atom stereocenters. The maximum Gasteiger partial charge on any atom is 0.308 e. The van der Waals surface area contributed by atoms with Crippen LogP contribution in [0.4, 0.5) is 0 Å². The predicted octanol–water partition coefficient (Wildman–Crippen LogP) is 1.99. The molecule has 0 bridgehead atoms. The standard InChI is InChI=1S/C15H18O4/c1-11(8-9-16)4-5-13-10-14(18-3)6-7-15(13)19-12(2)17/h6-7,10-11,16H,8-9H2,1-3H3/t11-/m0/s1. The summed E-state index contributed by atoms with van der Waals surface area (Å²) in [5.74, 6) is 6.71. The van der Waals surface area contributed by atoms with E-state index in [-0.39, 0.29) is 12.5 Å². The van der Waals surface area contributed by atoms with Gasteiger partial charge in [-0.15, -0.1) is 0 Å². The van der Waals surface area contributed by atoms with Gasteiger partial charge in [-0.2, -0.15) is 0 Å². The summed E-state index contributed by atoms with van der Waals surface area (Å²) in [6.45, 7) is 3.37. The first-order valence-corrected chi connectivity index (χ1v) is 6.05. The molecule has 4 nitrogen and oxygen atoms in total. The molecule has 0 unspecified atom stereocenters. The van der Waals surface area contributed by atoms with Crippen LogP contribution < -0.4 is 9.47 Å². The summed E-state index contributed by atoms with van der Waals surface area (Å²) < 4.78 is 10.2. The van der Waals surface area contributed by atoms with Gasteiger partial charge >= 0.3 is 5.97 Å². The summed E-state index contributed by atoms with van der Waals surface area (Å²) >= 11 is 0. The van der Waals surface area contributed by atoms with Gasteiger partial charge in [-0.05, 0) is 24.6 Å². The zero-order chi connectivity index (χ0) is 14.3. The van der Waals surface area contributed by atoms with Crippen molar-refractivity contribution in [3.63, 3.8) is 0 Å². The smallest absolute Gasteiger partial charge is 0.308 e. The molecule has 0 spiro atoms. The van der Waals surface area contributed by atoms with Crippen molar-refractivity contribution in [3.8, 4) is 23.3 Å². The third-order valence-corrected chi connectivity index (χ3v) is 2.46. The molecule has 0 saturated heterocycles. The number of methoxy groups -OCH3 is 1. The third-order valence-electron chi connectivity index (χ3n) is 2.46. The highest BCUT2D eigenvalue weighted by molar-refractivity contribution is 5.70. The molecule has 1 aromatic rings. The Balaban J connectivity index is 3.03. The highest BCUT2D eigenvalue weighted by atomic mass is 16.5. The number of aliphatic hydroxyl groups is 1. The highest BCUT2D eigenvalue weighted by Gasteiger charge is 2.06. The first-order valence-electron chi connectivity index (χ1n) is 6.05. The van der Waals surface area contributed by atoms with Gasteiger partial charge in [0.05, 0.1) is 12.7 Å². The molecular formula is C15H18O4. The number of hydrogen-bond donors (Lipinski definition) is 1. The number of benzene rings is 1. The zero-order valence-electron chi connectivity index (χ0n) is 11.4. The van der Waals surface area contributed by atoms with E-state index in [4.69, 9.17) is 14.6 Å². The first-order chi connectivity index (χ1) is 9.06. The van der Waals surface area contributed by atoms with Gasteiger partial charge in [-0.25, -0.2) is 0 Å². The number of esters is 1. The van der Waals surface area contributed by atoms with Crippen molar-refractivity contribution in [3.05, 3.63) is 23.8 Å². The van der Waals surface area contributed by atoms with Crippen LogP contribution in [-0.4, -0.2) is 24.8 Å². The molecule has 102 valence electrons. The molecule has 0 aliphatic rings. The van der Waals surface area contributed by atoms with Crippen molar-refractivity contribution in [2.24, 2.45) is 5.92 Å². The van der Waals surface area contributed by atoms with Gasteiger partial charge in [0.2, 0.25) is 0 Å². The lowest BCUT2D eigenvalue weighted by Crippen LogP contribution is -2.03. The number of carbonyl (C=O) groups excluding carboxylic acids is 1. The van der Waals surface area contributed by atoms with Gasteiger partial charge in [0.1, 0.15) is 11.5 Å². The fourth-order valence-corrected chi connectivity index (χ4v) is 1.44. The zero-order valence-corrected chi connectivity index (χ0v) is 11.4. The maximum absolute atomic E-state index is 11.0. The van der Waals surface area contributed by atoms with E-state index in [1.807, 2.05) is 6.92 Å². The Morgan fingerprint density at radius 3 is 2.79 bits per heavy atom. The van der Waals surface area contributed by atoms with E-state index in [0.717, 1.165) is 0 Å². The summed E-state index contributed by atoms with van der Waals surface area (Å²) in [7, 11) is 1.56. The molecule has 0 saturated carbocycles. The molecule has 0 heterocycles. The fraction of sp³-hybridized carbons (Fsp3) is 0.400. The van der Waals surface area contributed by atoms with Crippen LogP contribution in [0.3, 0.4) is 0 Å². The van der Waals surface area contributed by atoms with Crippen LogP contribution >= 0.6 is 0 Å². The molecule has 1 N–H and O–H groups in total. The van der Waals surface area contributed by atoms with Crippen molar-refractivity contribution in [1.29, 1.82) is 0 Å². The van der Waals surface area contributed by atoms with Crippen molar-refractivity contribution >= 4 is 5.97 Å². The molecule has 0 fully saturated rings. The Kier molecular flexibility index (Phi) is 5.91. The summed E-state index contributed by atoms with van der Waals surface area (Å²) in [5, 5.41) is 8.83. The Hall–Kier alpha value is -1.99. The number of ether oxygens (including phenoxy) is 2. The van der Waals surface area contributed by atoms with E-state index >= 15 is 0 Å². The highest BCUT2D eigenvalue weighted by Crippen LogP contribution is 2.23. The van der Waals surface area contributed by atoms with Gasteiger partial charge in [0.25, 0.3) is 0 Å². The maximum atomic E-state index is 11.0. The lowest BCUT2D eigenvalue weighted by molar-refractivity contribution is -0.131. The second kappa shape index (κ2) is 7.45. The first kappa shape index (κ1) is 15.1. The molecule has 4 heteroatoms. The molecule has 0 amide bonds. The van der Waals surface area contributed by atoms with E-state index in [2.05, 4.69) is 11.8 Å². The minimum Gasteiger partial charge on any atom is -0.497 e. The van der Waals surface area contributed by atoms with Crippen molar-refractivity contribution in [2.75, 3.05) is 13.7 Å². The fourth-order valence-electron chi connectivity index (χ4n) is 1.44. The molecule has 19 heavy (non-hydrogen) atoms. The summed E-state index contributed by atoms with van der Waals surface area (Å²) in [6.07, 6.45) is 0.611.